The van der Waals surface area contributed by atoms with Crippen LogP contribution in [0, 0.1) is 0 Å². The zero-order valence-corrected chi connectivity index (χ0v) is 16.0. The molecule has 0 N–H and O–H groups in total. The van der Waals surface area contributed by atoms with Gasteiger partial charge in [0.1, 0.15) is 0 Å². The quantitative estimate of drug-likeness (QED) is 0.546. The van der Waals surface area contributed by atoms with Crippen LogP contribution >= 0.6 is 0 Å². The zero-order valence-electron chi connectivity index (χ0n) is 16.0. The van der Waals surface area contributed by atoms with Gasteiger partial charge in [-0.3, -0.25) is 0 Å². The molecule has 27 heavy (non-hydrogen) atoms. The smallest absolute Gasteiger partial charge is 0.157 e. The Morgan fingerprint density at radius 3 is 2.07 bits per heavy atom. The topological polar surface area (TPSA) is 36.9 Å². The van der Waals surface area contributed by atoms with Gasteiger partial charge in [-0.05, 0) is 42.4 Å². The maximum absolute atomic E-state index is 5.79. The number of benzene rings is 2. The van der Waals surface area contributed by atoms with Gasteiger partial charge in [0, 0.05) is 6.61 Å². The highest BCUT2D eigenvalue weighted by molar-refractivity contribution is 5.22. The third-order valence-corrected chi connectivity index (χ3v) is 4.61. The number of hydrogen-bond donors (Lipinski definition) is 0. The molecule has 4 heteroatoms. The highest BCUT2D eigenvalue weighted by atomic mass is 16.7. The fourth-order valence-corrected chi connectivity index (χ4v) is 3.03. The molecule has 1 unspecified atom stereocenters. The first-order chi connectivity index (χ1) is 13.4. The molecule has 1 aliphatic heterocycles. The van der Waals surface area contributed by atoms with E-state index in [1.54, 1.807) is 0 Å². The van der Waals surface area contributed by atoms with Crippen LogP contribution in [0.2, 0.25) is 0 Å². The molecule has 2 aromatic rings. The van der Waals surface area contributed by atoms with Gasteiger partial charge < -0.3 is 18.9 Å². The molecular formula is C23H30O4. The van der Waals surface area contributed by atoms with Crippen molar-refractivity contribution in [2.24, 2.45) is 0 Å². The van der Waals surface area contributed by atoms with E-state index >= 15 is 0 Å². The average molecular weight is 370 g/mol. The van der Waals surface area contributed by atoms with Crippen LogP contribution in [0.3, 0.4) is 0 Å². The Kier molecular flexibility index (Phi) is 8.81. The maximum Gasteiger partial charge on any atom is 0.157 e. The van der Waals surface area contributed by atoms with Crippen LogP contribution in [-0.2, 0) is 38.6 Å². The lowest BCUT2D eigenvalue weighted by molar-refractivity contribution is -0.161. The third kappa shape index (κ3) is 7.81. The van der Waals surface area contributed by atoms with Crippen LogP contribution in [0.1, 0.15) is 36.0 Å². The second kappa shape index (κ2) is 11.9. The van der Waals surface area contributed by atoms with Crippen molar-refractivity contribution in [1.82, 2.24) is 0 Å². The predicted octanol–water partition coefficient (Wildman–Crippen LogP) is 4.51. The molecule has 0 saturated carbocycles. The van der Waals surface area contributed by atoms with Gasteiger partial charge in [0.15, 0.2) is 6.29 Å². The van der Waals surface area contributed by atoms with Crippen molar-refractivity contribution in [3.63, 3.8) is 0 Å². The summed E-state index contributed by atoms with van der Waals surface area (Å²) in [6, 6.07) is 18.7. The van der Waals surface area contributed by atoms with Gasteiger partial charge in [0.05, 0.1) is 33.0 Å². The summed E-state index contributed by atoms with van der Waals surface area (Å²) in [5, 5.41) is 0. The third-order valence-electron chi connectivity index (χ3n) is 4.61. The fourth-order valence-electron chi connectivity index (χ4n) is 3.03. The number of hydrogen-bond acceptors (Lipinski definition) is 4. The van der Waals surface area contributed by atoms with E-state index in [4.69, 9.17) is 18.9 Å². The number of ether oxygens (including phenoxy) is 4. The molecular weight excluding hydrogens is 340 g/mol. The van der Waals surface area contributed by atoms with E-state index in [9.17, 15) is 0 Å². The van der Waals surface area contributed by atoms with Crippen molar-refractivity contribution in [1.29, 1.82) is 0 Å². The molecule has 4 nitrogen and oxygen atoms in total. The fraction of sp³-hybridized carbons (Fsp3) is 0.478. The Balaban J connectivity index is 1.24. The van der Waals surface area contributed by atoms with Crippen LogP contribution < -0.4 is 0 Å². The van der Waals surface area contributed by atoms with E-state index < -0.39 is 0 Å². The predicted molar refractivity (Wildman–Crippen MR) is 105 cm³/mol. The van der Waals surface area contributed by atoms with E-state index in [2.05, 4.69) is 36.4 Å². The van der Waals surface area contributed by atoms with Crippen molar-refractivity contribution >= 4 is 0 Å². The molecule has 2 aromatic carbocycles. The molecule has 0 bridgehead atoms. The summed E-state index contributed by atoms with van der Waals surface area (Å²) < 4.78 is 22.7. The summed E-state index contributed by atoms with van der Waals surface area (Å²) in [7, 11) is 0. The molecule has 3 rings (SSSR count). The van der Waals surface area contributed by atoms with Gasteiger partial charge in [-0.2, -0.15) is 0 Å². The van der Waals surface area contributed by atoms with Crippen LogP contribution in [0.4, 0.5) is 0 Å². The van der Waals surface area contributed by atoms with Gasteiger partial charge in [-0.1, -0.05) is 54.6 Å². The lowest BCUT2D eigenvalue weighted by Crippen LogP contribution is -2.23. The van der Waals surface area contributed by atoms with Crippen molar-refractivity contribution in [2.45, 2.75) is 45.2 Å². The minimum absolute atomic E-state index is 0.00414. The Morgan fingerprint density at radius 2 is 1.41 bits per heavy atom. The summed E-state index contributed by atoms with van der Waals surface area (Å²) in [6.45, 7) is 3.99. The van der Waals surface area contributed by atoms with E-state index in [0.29, 0.717) is 33.0 Å². The van der Waals surface area contributed by atoms with Crippen LogP contribution in [0.25, 0.3) is 0 Å². The molecule has 1 aliphatic rings. The van der Waals surface area contributed by atoms with Gasteiger partial charge in [0.25, 0.3) is 0 Å². The Labute approximate surface area is 162 Å². The maximum atomic E-state index is 5.79. The molecule has 146 valence electrons. The molecule has 0 aromatic heterocycles. The summed E-state index contributed by atoms with van der Waals surface area (Å²) in [5.41, 5.74) is 3.64. The largest absolute Gasteiger partial charge is 0.374 e. The van der Waals surface area contributed by atoms with Crippen LogP contribution in [0.5, 0.6) is 0 Å². The monoisotopic (exact) mass is 370 g/mol. The summed E-state index contributed by atoms with van der Waals surface area (Å²) in [4.78, 5) is 0. The van der Waals surface area contributed by atoms with Crippen molar-refractivity contribution in [3.8, 4) is 0 Å². The van der Waals surface area contributed by atoms with E-state index in [-0.39, 0.29) is 6.29 Å². The molecule has 1 saturated heterocycles. The van der Waals surface area contributed by atoms with Gasteiger partial charge >= 0.3 is 0 Å². The van der Waals surface area contributed by atoms with E-state index in [1.807, 2.05) is 18.2 Å². The second-order valence-corrected chi connectivity index (χ2v) is 6.82. The number of rotatable bonds is 11. The molecule has 0 amide bonds. The van der Waals surface area contributed by atoms with Crippen molar-refractivity contribution < 1.29 is 18.9 Å². The molecule has 0 radical (unpaired) electrons. The van der Waals surface area contributed by atoms with Gasteiger partial charge in [0.2, 0.25) is 0 Å². The molecule has 1 atom stereocenters. The first kappa shape index (κ1) is 20.0. The van der Waals surface area contributed by atoms with Crippen LogP contribution in [-0.4, -0.2) is 32.7 Å². The van der Waals surface area contributed by atoms with Crippen molar-refractivity contribution in [3.05, 3.63) is 71.3 Å². The second-order valence-electron chi connectivity index (χ2n) is 6.82. The normalized spacial score (nSPS) is 17.1. The minimum atomic E-state index is -0.00414. The Hall–Kier alpha value is -1.72. The lowest BCUT2D eigenvalue weighted by atomic mass is 10.1. The zero-order chi connectivity index (χ0) is 18.6. The first-order valence-corrected chi connectivity index (χ1v) is 9.90. The SMILES string of the molecule is c1ccc(COCCOCc2ccc(CCOC3CCCCO3)cc2)cc1. The van der Waals surface area contributed by atoms with E-state index in [1.165, 1.54) is 23.1 Å². The Bertz CT molecular complexity index is 621. The standard InChI is InChI=1S/C23H30O4/c1-2-6-21(7-3-1)18-24-16-17-25-19-22-11-9-20(10-12-22)13-15-27-23-8-4-5-14-26-23/h1-3,6-7,9-12,23H,4-5,8,13-19H2. The molecule has 0 aliphatic carbocycles. The first-order valence-electron chi connectivity index (χ1n) is 9.90. The Morgan fingerprint density at radius 1 is 0.741 bits per heavy atom. The summed E-state index contributed by atoms with van der Waals surface area (Å²) in [6.07, 6.45) is 4.29. The highest BCUT2D eigenvalue weighted by Gasteiger charge is 2.13. The van der Waals surface area contributed by atoms with E-state index in [0.717, 1.165) is 25.9 Å². The van der Waals surface area contributed by atoms with Gasteiger partial charge in [-0.15, -0.1) is 0 Å². The highest BCUT2D eigenvalue weighted by Crippen LogP contribution is 2.14. The summed E-state index contributed by atoms with van der Waals surface area (Å²) >= 11 is 0. The average Bonchev–Trinajstić information content (AvgIpc) is 2.73. The van der Waals surface area contributed by atoms with Crippen molar-refractivity contribution in [2.75, 3.05) is 26.4 Å². The van der Waals surface area contributed by atoms with Gasteiger partial charge in [-0.25, -0.2) is 0 Å². The van der Waals surface area contributed by atoms with Crippen LogP contribution in [0.15, 0.2) is 54.6 Å². The summed E-state index contributed by atoms with van der Waals surface area (Å²) in [5.74, 6) is 0. The lowest BCUT2D eigenvalue weighted by Gasteiger charge is -2.22. The molecule has 1 heterocycles. The minimum Gasteiger partial charge on any atom is -0.374 e. The molecule has 1 fully saturated rings. The molecule has 0 spiro atoms.